The molecular formula is C14H24O. The van der Waals surface area contributed by atoms with Gasteiger partial charge in [0, 0.05) is 0 Å². The molecule has 86 valence electrons. The van der Waals surface area contributed by atoms with Gasteiger partial charge in [0.2, 0.25) is 0 Å². The molecule has 0 aromatic carbocycles. The van der Waals surface area contributed by atoms with Crippen molar-refractivity contribution in [3.8, 4) is 0 Å². The molecule has 1 heteroatoms. The Morgan fingerprint density at radius 3 is 2.67 bits per heavy atom. The number of hydrogen-bond donors (Lipinski definition) is 0. The summed E-state index contributed by atoms with van der Waals surface area (Å²) in [6, 6.07) is 0. The second-order valence-corrected chi connectivity index (χ2v) is 6.51. The maximum Gasteiger partial charge on any atom is 0.0872 e. The molecule has 1 spiro atoms. The summed E-state index contributed by atoms with van der Waals surface area (Å²) in [5, 5.41) is 0. The first kappa shape index (κ1) is 11.2. The summed E-state index contributed by atoms with van der Waals surface area (Å²) in [5.41, 5.74) is 2.03. The fraction of sp³-hybridized carbons (Fsp3) is 0.857. The molecule has 2 aliphatic rings. The van der Waals surface area contributed by atoms with Gasteiger partial charge in [0.1, 0.15) is 0 Å². The minimum atomic E-state index is 0.0729. The van der Waals surface area contributed by atoms with Crippen LogP contribution >= 0.6 is 0 Å². The van der Waals surface area contributed by atoms with E-state index in [0.29, 0.717) is 5.41 Å². The van der Waals surface area contributed by atoms with Crippen LogP contribution in [0.5, 0.6) is 0 Å². The summed E-state index contributed by atoms with van der Waals surface area (Å²) >= 11 is 0. The normalized spacial score (nSPS) is 40.3. The fourth-order valence-electron chi connectivity index (χ4n) is 3.76. The van der Waals surface area contributed by atoms with E-state index in [0.717, 1.165) is 18.9 Å². The molecule has 0 saturated heterocycles. The number of rotatable bonds is 0. The highest BCUT2D eigenvalue weighted by Crippen LogP contribution is 2.47. The van der Waals surface area contributed by atoms with Crippen LogP contribution in [0.25, 0.3) is 0 Å². The highest BCUT2D eigenvalue weighted by Gasteiger charge is 2.43. The van der Waals surface area contributed by atoms with Crippen molar-refractivity contribution in [2.24, 2.45) is 11.3 Å². The summed E-state index contributed by atoms with van der Waals surface area (Å²) < 4.78 is 6.11. The average Bonchev–Trinajstić information content (AvgIpc) is 1.97. The summed E-state index contributed by atoms with van der Waals surface area (Å²) in [7, 11) is 0. The molecular weight excluding hydrogens is 184 g/mol. The van der Waals surface area contributed by atoms with Gasteiger partial charge in [-0.25, -0.2) is 0 Å². The Labute approximate surface area is 93.9 Å². The van der Waals surface area contributed by atoms with Crippen LogP contribution in [-0.4, -0.2) is 12.2 Å². The van der Waals surface area contributed by atoms with Crippen molar-refractivity contribution in [1.29, 1.82) is 0 Å². The van der Waals surface area contributed by atoms with Gasteiger partial charge in [0.15, 0.2) is 0 Å². The Kier molecular flexibility index (Phi) is 2.70. The molecule has 1 aliphatic heterocycles. The topological polar surface area (TPSA) is 9.23 Å². The van der Waals surface area contributed by atoms with Crippen LogP contribution in [0.3, 0.4) is 0 Å². The number of ether oxygens (including phenoxy) is 1. The first-order chi connectivity index (χ1) is 6.91. The van der Waals surface area contributed by atoms with Gasteiger partial charge < -0.3 is 4.74 Å². The van der Waals surface area contributed by atoms with Crippen molar-refractivity contribution in [2.75, 3.05) is 6.61 Å². The zero-order valence-electron chi connectivity index (χ0n) is 10.6. The molecule has 15 heavy (non-hydrogen) atoms. The Morgan fingerprint density at radius 1 is 1.33 bits per heavy atom. The van der Waals surface area contributed by atoms with E-state index in [1.165, 1.54) is 24.8 Å². The predicted molar refractivity (Wildman–Crippen MR) is 63.9 cm³/mol. The third kappa shape index (κ3) is 2.44. The van der Waals surface area contributed by atoms with Crippen LogP contribution in [0.1, 0.15) is 53.4 Å². The standard InChI is InChI=1S/C14H24O/c1-11-5-6-15-14(8-11)9-12(2)7-13(3,4)10-14/h8,12H,5-7,9-10H2,1-4H3. The van der Waals surface area contributed by atoms with Crippen molar-refractivity contribution in [3.05, 3.63) is 11.6 Å². The second-order valence-electron chi connectivity index (χ2n) is 6.51. The van der Waals surface area contributed by atoms with Crippen LogP contribution in [0.2, 0.25) is 0 Å². The largest absolute Gasteiger partial charge is 0.371 e. The molecule has 1 nitrogen and oxygen atoms in total. The summed E-state index contributed by atoms with van der Waals surface area (Å²) in [6.45, 7) is 10.3. The molecule has 1 saturated carbocycles. The minimum absolute atomic E-state index is 0.0729. The first-order valence-corrected chi connectivity index (χ1v) is 6.23. The average molecular weight is 208 g/mol. The molecule has 1 fully saturated rings. The molecule has 0 bridgehead atoms. The van der Waals surface area contributed by atoms with E-state index < -0.39 is 0 Å². The van der Waals surface area contributed by atoms with E-state index in [9.17, 15) is 0 Å². The third-order valence-corrected chi connectivity index (χ3v) is 3.77. The van der Waals surface area contributed by atoms with Crippen molar-refractivity contribution in [1.82, 2.24) is 0 Å². The molecule has 2 atom stereocenters. The molecule has 0 aromatic heterocycles. The lowest BCUT2D eigenvalue weighted by Gasteiger charge is -2.47. The highest BCUT2D eigenvalue weighted by atomic mass is 16.5. The molecule has 0 aromatic rings. The summed E-state index contributed by atoms with van der Waals surface area (Å²) in [4.78, 5) is 0. The smallest absolute Gasteiger partial charge is 0.0872 e. The van der Waals surface area contributed by atoms with E-state index in [-0.39, 0.29) is 5.60 Å². The van der Waals surface area contributed by atoms with Gasteiger partial charge in [-0.3, -0.25) is 0 Å². The van der Waals surface area contributed by atoms with Crippen molar-refractivity contribution in [2.45, 2.75) is 59.0 Å². The molecule has 0 N–H and O–H groups in total. The Morgan fingerprint density at radius 2 is 2.07 bits per heavy atom. The van der Waals surface area contributed by atoms with E-state index in [1.54, 1.807) is 0 Å². The zero-order chi connectivity index (χ0) is 11.1. The van der Waals surface area contributed by atoms with Crippen LogP contribution in [0.15, 0.2) is 11.6 Å². The van der Waals surface area contributed by atoms with Crippen molar-refractivity contribution in [3.63, 3.8) is 0 Å². The monoisotopic (exact) mass is 208 g/mol. The zero-order valence-corrected chi connectivity index (χ0v) is 10.6. The van der Waals surface area contributed by atoms with E-state index >= 15 is 0 Å². The number of hydrogen-bond acceptors (Lipinski definition) is 1. The highest BCUT2D eigenvalue weighted by molar-refractivity contribution is 5.15. The van der Waals surface area contributed by atoms with E-state index in [2.05, 4.69) is 33.8 Å². The Balaban J connectivity index is 2.23. The maximum absolute atomic E-state index is 6.11. The van der Waals surface area contributed by atoms with Crippen LogP contribution in [0.4, 0.5) is 0 Å². The van der Waals surface area contributed by atoms with E-state index in [4.69, 9.17) is 4.74 Å². The SMILES string of the molecule is CC1=CC2(CC(C)CC(C)(C)C2)OCC1. The van der Waals surface area contributed by atoms with Crippen LogP contribution < -0.4 is 0 Å². The predicted octanol–water partition coefficient (Wildman–Crippen LogP) is 3.94. The Bertz CT molecular complexity index is 277. The maximum atomic E-state index is 6.11. The lowest BCUT2D eigenvalue weighted by Crippen LogP contribution is -2.44. The third-order valence-electron chi connectivity index (χ3n) is 3.77. The summed E-state index contributed by atoms with van der Waals surface area (Å²) in [5.74, 6) is 0.788. The molecule has 0 radical (unpaired) electrons. The lowest BCUT2D eigenvalue weighted by atomic mass is 9.65. The fourth-order valence-corrected chi connectivity index (χ4v) is 3.76. The van der Waals surface area contributed by atoms with Gasteiger partial charge in [-0.05, 0) is 43.9 Å². The lowest BCUT2D eigenvalue weighted by molar-refractivity contribution is -0.0845. The van der Waals surface area contributed by atoms with Gasteiger partial charge >= 0.3 is 0 Å². The quantitative estimate of drug-likeness (QED) is 0.548. The minimum Gasteiger partial charge on any atom is -0.371 e. The molecule has 0 amide bonds. The van der Waals surface area contributed by atoms with E-state index in [1.807, 2.05) is 0 Å². The molecule has 2 rings (SSSR count). The van der Waals surface area contributed by atoms with Gasteiger partial charge in [-0.15, -0.1) is 0 Å². The van der Waals surface area contributed by atoms with Gasteiger partial charge in [-0.2, -0.15) is 0 Å². The molecule has 1 heterocycles. The second kappa shape index (κ2) is 3.62. The molecule has 2 unspecified atom stereocenters. The van der Waals surface area contributed by atoms with Gasteiger partial charge in [-0.1, -0.05) is 32.4 Å². The first-order valence-electron chi connectivity index (χ1n) is 6.23. The van der Waals surface area contributed by atoms with Crippen LogP contribution in [0, 0.1) is 11.3 Å². The summed E-state index contributed by atoms with van der Waals surface area (Å²) in [6.07, 6.45) is 7.28. The van der Waals surface area contributed by atoms with Crippen molar-refractivity contribution < 1.29 is 4.74 Å². The Hall–Kier alpha value is -0.300. The van der Waals surface area contributed by atoms with Crippen molar-refractivity contribution >= 4 is 0 Å². The van der Waals surface area contributed by atoms with Crippen LogP contribution in [-0.2, 0) is 4.74 Å². The molecule has 1 aliphatic carbocycles. The van der Waals surface area contributed by atoms with Gasteiger partial charge in [0.25, 0.3) is 0 Å². The van der Waals surface area contributed by atoms with Gasteiger partial charge in [0.05, 0.1) is 12.2 Å².